The van der Waals surface area contributed by atoms with Gasteiger partial charge < -0.3 is 4.90 Å². The molecule has 0 aliphatic rings. The molecule has 0 radical (unpaired) electrons. The molecule has 30 heavy (non-hydrogen) atoms. The van der Waals surface area contributed by atoms with Gasteiger partial charge >= 0.3 is 6.18 Å². The number of halogens is 4. The second-order valence-corrected chi connectivity index (χ2v) is 8.95. The van der Waals surface area contributed by atoms with E-state index < -0.39 is 23.1 Å². The van der Waals surface area contributed by atoms with E-state index in [0.29, 0.717) is 12.1 Å². The highest BCUT2D eigenvalue weighted by Crippen LogP contribution is 2.39. The van der Waals surface area contributed by atoms with Crippen molar-refractivity contribution in [1.82, 2.24) is 0 Å². The molecular formula is C25H29F4N. The SMILES string of the molecule is C=C(CN(C(=C)c1c(F)cccc1C(F)(F)F)c1ccc(C)c(C)c1)CC(C)(C)C. The minimum absolute atomic E-state index is 0.0393. The van der Waals surface area contributed by atoms with E-state index in [1.165, 1.54) is 0 Å². The Morgan fingerprint density at radius 2 is 1.60 bits per heavy atom. The molecule has 0 atom stereocenters. The molecule has 2 aromatic carbocycles. The predicted octanol–water partition coefficient (Wildman–Crippen LogP) is 7.93. The average Bonchev–Trinajstić information content (AvgIpc) is 2.59. The smallest absolute Gasteiger partial charge is 0.337 e. The van der Waals surface area contributed by atoms with Crippen molar-refractivity contribution in [2.24, 2.45) is 5.41 Å². The molecule has 0 aliphatic heterocycles. The van der Waals surface area contributed by atoms with Gasteiger partial charge in [-0.25, -0.2) is 4.39 Å². The summed E-state index contributed by atoms with van der Waals surface area (Å²) in [5, 5.41) is 0. The number of hydrogen-bond donors (Lipinski definition) is 0. The van der Waals surface area contributed by atoms with Gasteiger partial charge in [-0.1, -0.05) is 51.6 Å². The predicted molar refractivity (Wildman–Crippen MR) is 117 cm³/mol. The van der Waals surface area contributed by atoms with E-state index in [9.17, 15) is 17.6 Å². The average molecular weight is 420 g/mol. The monoisotopic (exact) mass is 419 g/mol. The lowest BCUT2D eigenvalue weighted by Crippen LogP contribution is -2.27. The third-order valence-corrected chi connectivity index (χ3v) is 4.90. The lowest BCUT2D eigenvalue weighted by atomic mass is 9.88. The number of benzene rings is 2. The molecule has 0 amide bonds. The Kier molecular flexibility index (Phi) is 6.85. The van der Waals surface area contributed by atoms with E-state index in [2.05, 4.69) is 33.9 Å². The first kappa shape index (κ1) is 23.7. The zero-order valence-corrected chi connectivity index (χ0v) is 18.3. The van der Waals surface area contributed by atoms with Crippen molar-refractivity contribution in [1.29, 1.82) is 0 Å². The molecular weight excluding hydrogens is 390 g/mol. The van der Waals surface area contributed by atoms with Gasteiger partial charge in [-0.15, -0.1) is 0 Å². The number of hydrogen-bond acceptors (Lipinski definition) is 1. The van der Waals surface area contributed by atoms with Crippen molar-refractivity contribution in [2.45, 2.75) is 47.2 Å². The molecule has 2 aromatic rings. The van der Waals surface area contributed by atoms with Gasteiger partial charge in [0.15, 0.2) is 0 Å². The van der Waals surface area contributed by atoms with Gasteiger partial charge in [0.25, 0.3) is 0 Å². The highest BCUT2D eigenvalue weighted by Gasteiger charge is 2.36. The van der Waals surface area contributed by atoms with Gasteiger partial charge in [0, 0.05) is 23.5 Å². The first-order valence-electron chi connectivity index (χ1n) is 9.77. The van der Waals surface area contributed by atoms with Crippen LogP contribution in [0.5, 0.6) is 0 Å². The van der Waals surface area contributed by atoms with E-state index in [4.69, 9.17) is 0 Å². The van der Waals surface area contributed by atoms with Gasteiger partial charge in [0.05, 0.1) is 5.56 Å². The van der Waals surface area contributed by atoms with Crippen molar-refractivity contribution in [3.05, 3.63) is 83.2 Å². The van der Waals surface area contributed by atoms with Crippen LogP contribution in [0.2, 0.25) is 0 Å². The number of anilines is 1. The molecule has 0 N–H and O–H groups in total. The van der Waals surface area contributed by atoms with Crippen LogP contribution in [-0.4, -0.2) is 6.54 Å². The molecule has 0 fully saturated rings. The van der Waals surface area contributed by atoms with Crippen LogP contribution in [-0.2, 0) is 6.18 Å². The summed E-state index contributed by atoms with van der Waals surface area (Å²) in [7, 11) is 0. The molecule has 0 spiro atoms. The van der Waals surface area contributed by atoms with Crippen LogP contribution in [0.25, 0.3) is 5.70 Å². The summed E-state index contributed by atoms with van der Waals surface area (Å²) in [6.07, 6.45) is -4.03. The van der Waals surface area contributed by atoms with Crippen molar-refractivity contribution < 1.29 is 17.6 Å². The molecule has 0 heterocycles. The van der Waals surface area contributed by atoms with E-state index in [0.717, 1.165) is 34.9 Å². The van der Waals surface area contributed by atoms with Gasteiger partial charge in [0.1, 0.15) is 5.82 Å². The summed E-state index contributed by atoms with van der Waals surface area (Å²) in [5.74, 6) is -0.954. The first-order valence-corrected chi connectivity index (χ1v) is 9.77. The Hall–Kier alpha value is -2.56. The van der Waals surface area contributed by atoms with Crippen LogP contribution in [0.3, 0.4) is 0 Å². The lowest BCUT2D eigenvalue weighted by Gasteiger charge is -2.31. The van der Waals surface area contributed by atoms with Crippen LogP contribution in [0.15, 0.2) is 55.1 Å². The highest BCUT2D eigenvalue weighted by atomic mass is 19.4. The van der Waals surface area contributed by atoms with Crippen LogP contribution in [0.4, 0.5) is 23.2 Å². The Morgan fingerprint density at radius 1 is 0.967 bits per heavy atom. The zero-order valence-electron chi connectivity index (χ0n) is 18.3. The van der Waals surface area contributed by atoms with Gasteiger partial charge in [-0.3, -0.25) is 0 Å². The summed E-state index contributed by atoms with van der Waals surface area (Å²) in [4.78, 5) is 1.62. The molecule has 0 saturated carbocycles. The third-order valence-electron chi connectivity index (χ3n) is 4.90. The summed E-state index contributed by atoms with van der Waals surface area (Å²) >= 11 is 0. The van der Waals surface area contributed by atoms with Crippen LogP contribution in [0, 0.1) is 25.1 Å². The molecule has 162 valence electrons. The first-order chi connectivity index (χ1) is 13.7. The molecule has 0 saturated heterocycles. The summed E-state index contributed by atoms with van der Waals surface area (Å²) in [6, 6.07) is 8.55. The standard InChI is InChI=1S/C25H29F4N/c1-16(14-24(5,6)7)15-30(20-12-11-17(2)18(3)13-20)19(4)23-21(25(27,28)29)9-8-10-22(23)26/h8-13H,1,4,14-15H2,2-3,5-7H3. The van der Waals surface area contributed by atoms with E-state index in [1.54, 1.807) is 4.90 Å². The highest BCUT2D eigenvalue weighted by molar-refractivity contribution is 5.81. The topological polar surface area (TPSA) is 3.24 Å². The van der Waals surface area contributed by atoms with Gasteiger partial charge in [-0.05, 0) is 61.1 Å². The largest absolute Gasteiger partial charge is 0.417 e. The molecule has 5 heteroatoms. The minimum atomic E-state index is -4.70. The van der Waals surface area contributed by atoms with Crippen LogP contribution < -0.4 is 4.90 Å². The molecule has 2 rings (SSSR count). The summed E-state index contributed by atoms with van der Waals surface area (Å²) in [6.45, 7) is 18.3. The molecule has 1 nitrogen and oxygen atoms in total. The lowest BCUT2D eigenvalue weighted by molar-refractivity contribution is -0.138. The fraction of sp³-hybridized carbons (Fsp3) is 0.360. The quantitative estimate of drug-likeness (QED) is 0.339. The second-order valence-electron chi connectivity index (χ2n) is 8.95. The summed E-state index contributed by atoms with van der Waals surface area (Å²) in [5.41, 5.74) is 1.85. The van der Waals surface area contributed by atoms with Gasteiger partial charge in [-0.2, -0.15) is 13.2 Å². The fourth-order valence-corrected chi connectivity index (χ4v) is 3.45. The van der Waals surface area contributed by atoms with Crippen molar-refractivity contribution >= 4 is 11.4 Å². The number of rotatable bonds is 6. The number of aryl methyl sites for hydroxylation is 2. The van der Waals surface area contributed by atoms with E-state index in [1.807, 2.05) is 32.0 Å². The zero-order chi connectivity index (χ0) is 22.9. The fourth-order valence-electron chi connectivity index (χ4n) is 3.45. The normalized spacial score (nSPS) is 12.0. The van der Waals surface area contributed by atoms with Gasteiger partial charge in [0.2, 0.25) is 0 Å². The maximum Gasteiger partial charge on any atom is 0.417 e. The van der Waals surface area contributed by atoms with E-state index in [-0.39, 0.29) is 17.7 Å². The molecule has 0 unspecified atom stereocenters. The number of alkyl halides is 3. The van der Waals surface area contributed by atoms with Crippen molar-refractivity contribution in [3.8, 4) is 0 Å². The Morgan fingerprint density at radius 3 is 2.13 bits per heavy atom. The Bertz CT molecular complexity index is 949. The van der Waals surface area contributed by atoms with Crippen LogP contribution in [0.1, 0.15) is 49.4 Å². The van der Waals surface area contributed by atoms with Crippen LogP contribution >= 0.6 is 0 Å². The minimum Gasteiger partial charge on any atom is -0.337 e. The number of nitrogens with zero attached hydrogens (tertiary/aromatic N) is 1. The maximum atomic E-state index is 14.6. The molecule has 0 aromatic heterocycles. The molecule has 0 aliphatic carbocycles. The maximum absolute atomic E-state index is 14.6. The second kappa shape index (κ2) is 8.66. The van der Waals surface area contributed by atoms with Crippen molar-refractivity contribution in [2.75, 3.05) is 11.4 Å². The summed E-state index contributed by atoms with van der Waals surface area (Å²) < 4.78 is 55.5. The van der Waals surface area contributed by atoms with Crippen molar-refractivity contribution in [3.63, 3.8) is 0 Å². The Labute approximate surface area is 176 Å². The molecule has 0 bridgehead atoms. The Balaban J connectivity index is 2.58. The van der Waals surface area contributed by atoms with E-state index >= 15 is 0 Å². The third kappa shape index (κ3) is 5.74.